The normalized spacial score (nSPS) is 11.2. The van der Waals surface area contributed by atoms with E-state index in [9.17, 15) is 9.59 Å². The van der Waals surface area contributed by atoms with Gasteiger partial charge in [-0.3, -0.25) is 9.63 Å². The summed E-state index contributed by atoms with van der Waals surface area (Å²) in [6.45, 7) is 0.0442. The van der Waals surface area contributed by atoms with Gasteiger partial charge in [-0.05, 0) is 24.3 Å². The summed E-state index contributed by atoms with van der Waals surface area (Å²) in [6.07, 6.45) is 0. The van der Waals surface area contributed by atoms with E-state index < -0.39 is 11.5 Å². The number of carbonyl (C=O) groups excluding carboxylic acids is 1. The highest BCUT2D eigenvalue weighted by Gasteiger charge is 2.22. The van der Waals surface area contributed by atoms with Crippen LogP contribution in [0.1, 0.15) is 10.4 Å². The molecule has 0 aliphatic rings. The van der Waals surface area contributed by atoms with E-state index in [0.717, 1.165) is 5.06 Å². The van der Waals surface area contributed by atoms with E-state index in [1.165, 1.54) is 34.4 Å². The third-order valence-electron chi connectivity index (χ3n) is 5.40. The Balaban J connectivity index is 2.12. The first-order valence-corrected chi connectivity index (χ1v) is 9.97. The molecule has 0 unspecified atom stereocenters. The van der Waals surface area contributed by atoms with Crippen molar-refractivity contribution in [3.63, 3.8) is 0 Å². The maximum Gasteiger partial charge on any atom is 0.344 e. The zero-order chi connectivity index (χ0) is 23.7. The van der Waals surface area contributed by atoms with Crippen LogP contribution in [-0.2, 0) is 9.57 Å². The molecule has 1 aromatic heterocycles. The lowest BCUT2D eigenvalue weighted by Crippen LogP contribution is -2.25. The molecule has 0 fully saturated rings. The first-order chi connectivity index (χ1) is 15.9. The molecule has 0 spiro atoms. The van der Waals surface area contributed by atoms with Gasteiger partial charge < -0.3 is 23.4 Å². The molecule has 9 nitrogen and oxygen atoms in total. The van der Waals surface area contributed by atoms with E-state index in [0.29, 0.717) is 44.4 Å². The predicted octanol–water partition coefficient (Wildman–Crippen LogP) is 3.73. The Bertz CT molecular complexity index is 1430. The molecule has 1 heterocycles. The molecule has 0 saturated heterocycles. The van der Waals surface area contributed by atoms with Gasteiger partial charge in [0.2, 0.25) is 0 Å². The molecule has 0 saturated carbocycles. The van der Waals surface area contributed by atoms with Crippen molar-refractivity contribution in [1.82, 2.24) is 5.06 Å². The van der Waals surface area contributed by atoms with Gasteiger partial charge in [-0.1, -0.05) is 12.1 Å². The van der Waals surface area contributed by atoms with Crippen LogP contribution in [0, 0.1) is 0 Å². The van der Waals surface area contributed by atoms with E-state index >= 15 is 0 Å². The van der Waals surface area contributed by atoms with Crippen molar-refractivity contribution in [1.29, 1.82) is 0 Å². The van der Waals surface area contributed by atoms with Crippen LogP contribution in [0.4, 0.5) is 0 Å². The Morgan fingerprint density at radius 1 is 0.909 bits per heavy atom. The lowest BCUT2D eigenvalue weighted by molar-refractivity contribution is -0.0756. The van der Waals surface area contributed by atoms with Gasteiger partial charge >= 0.3 is 5.63 Å². The predicted molar refractivity (Wildman–Crippen MR) is 122 cm³/mol. The minimum atomic E-state index is -0.611. The van der Waals surface area contributed by atoms with Gasteiger partial charge in [0.05, 0.1) is 32.1 Å². The van der Waals surface area contributed by atoms with Gasteiger partial charge in [0, 0.05) is 35.9 Å². The highest BCUT2D eigenvalue weighted by molar-refractivity contribution is 6.19. The van der Waals surface area contributed by atoms with Crippen LogP contribution in [0.3, 0.4) is 0 Å². The van der Waals surface area contributed by atoms with Gasteiger partial charge in [-0.15, -0.1) is 0 Å². The Hall–Kier alpha value is -3.82. The van der Waals surface area contributed by atoms with Crippen LogP contribution in [0.5, 0.6) is 17.2 Å². The lowest BCUT2D eigenvalue weighted by Gasteiger charge is -2.17. The number of rotatable bonds is 7. The first-order valence-electron chi connectivity index (χ1n) is 9.97. The molecule has 4 aromatic rings. The van der Waals surface area contributed by atoms with Crippen LogP contribution in [0.15, 0.2) is 45.6 Å². The summed E-state index contributed by atoms with van der Waals surface area (Å²) in [5.74, 6) is 0.937. The van der Waals surface area contributed by atoms with Crippen LogP contribution in [-0.4, -0.2) is 53.3 Å². The van der Waals surface area contributed by atoms with Crippen LogP contribution < -0.4 is 19.8 Å². The molecule has 0 atom stereocenters. The molecule has 172 valence electrons. The second-order valence-corrected chi connectivity index (χ2v) is 7.16. The van der Waals surface area contributed by atoms with Crippen LogP contribution in [0.2, 0.25) is 0 Å². The molecule has 0 N–H and O–H groups in total. The molecule has 9 heteroatoms. The van der Waals surface area contributed by atoms with E-state index in [1.54, 1.807) is 31.4 Å². The largest absolute Gasteiger partial charge is 0.496 e. The lowest BCUT2D eigenvalue weighted by atomic mass is 9.99. The van der Waals surface area contributed by atoms with Crippen molar-refractivity contribution in [2.45, 2.75) is 0 Å². The van der Waals surface area contributed by atoms with E-state index in [1.807, 2.05) is 6.07 Å². The fourth-order valence-electron chi connectivity index (χ4n) is 3.84. The maximum atomic E-state index is 13.1. The van der Waals surface area contributed by atoms with Crippen molar-refractivity contribution in [2.75, 3.05) is 42.3 Å². The summed E-state index contributed by atoms with van der Waals surface area (Å²) in [5, 5.41) is 3.61. The minimum Gasteiger partial charge on any atom is -0.496 e. The van der Waals surface area contributed by atoms with Gasteiger partial charge in [-0.25, -0.2) is 9.86 Å². The van der Waals surface area contributed by atoms with E-state index in [2.05, 4.69) is 0 Å². The summed E-state index contributed by atoms with van der Waals surface area (Å²) in [7, 11) is 7.39. The Morgan fingerprint density at radius 3 is 2.30 bits per heavy atom. The second-order valence-electron chi connectivity index (χ2n) is 7.16. The molecule has 1 amide bonds. The molecule has 4 rings (SSSR count). The number of hydrogen-bond acceptors (Lipinski definition) is 8. The molecule has 0 bridgehead atoms. The number of carbonyl (C=O) groups is 1. The molecule has 0 aliphatic heterocycles. The summed E-state index contributed by atoms with van der Waals surface area (Å²) in [4.78, 5) is 30.7. The smallest absolute Gasteiger partial charge is 0.344 e. The molecular weight excluding hydrogens is 430 g/mol. The third-order valence-corrected chi connectivity index (χ3v) is 5.40. The number of nitrogens with zero attached hydrogens (tertiary/aromatic N) is 1. The van der Waals surface area contributed by atoms with Crippen molar-refractivity contribution >= 4 is 38.4 Å². The Kier molecular flexibility index (Phi) is 6.08. The maximum absolute atomic E-state index is 13.1. The van der Waals surface area contributed by atoms with E-state index in [4.69, 9.17) is 28.2 Å². The SMILES string of the molecule is COCOc1cccc2c1c(OC)cc1c2oc(=O)c2cc(C(=O)N(C)OC)cc(OC)c21. The number of methoxy groups -OCH3 is 3. The number of benzene rings is 3. The van der Waals surface area contributed by atoms with E-state index in [-0.39, 0.29) is 17.7 Å². The number of hydrogen-bond donors (Lipinski definition) is 0. The van der Waals surface area contributed by atoms with Crippen molar-refractivity contribution in [2.24, 2.45) is 0 Å². The summed E-state index contributed by atoms with van der Waals surface area (Å²) in [6, 6.07) is 10.2. The highest BCUT2D eigenvalue weighted by Crippen LogP contribution is 2.42. The zero-order valence-electron chi connectivity index (χ0n) is 18.9. The molecule has 0 radical (unpaired) electrons. The monoisotopic (exact) mass is 453 g/mol. The van der Waals surface area contributed by atoms with Crippen LogP contribution >= 0.6 is 0 Å². The summed E-state index contributed by atoms with van der Waals surface area (Å²) >= 11 is 0. The number of ether oxygens (including phenoxy) is 4. The van der Waals surface area contributed by atoms with Gasteiger partial charge in [0.15, 0.2) is 6.79 Å². The zero-order valence-corrected chi connectivity index (χ0v) is 18.9. The fourth-order valence-corrected chi connectivity index (χ4v) is 3.84. The first kappa shape index (κ1) is 22.4. The summed E-state index contributed by atoms with van der Waals surface area (Å²) in [5.41, 5.74) is -0.0453. The molecule has 0 aliphatic carbocycles. The standard InChI is InChI=1S/C24H23NO8/c1-25(31-5)23(26)13-9-16-20(18(10-13)29-3)15-11-19(30-4)21-14(22(15)33-24(16)27)7-6-8-17(21)32-12-28-2/h6-11H,12H2,1-5H3. The Morgan fingerprint density at radius 2 is 1.64 bits per heavy atom. The average Bonchev–Trinajstić information content (AvgIpc) is 2.85. The number of amides is 1. The number of fused-ring (bicyclic) bond motifs is 5. The summed E-state index contributed by atoms with van der Waals surface area (Å²) < 4.78 is 27.7. The topological polar surface area (TPSA) is 96.7 Å². The van der Waals surface area contributed by atoms with Crippen molar-refractivity contribution < 1.29 is 33.0 Å². The minimum absolute atomic E-state index is 0.0442. The molecule has 3 aromatic carbocycles. The quantitative estimate of drug-likeness (QED) is 0.181. The average molecular weight is 453 g/mol. The van der Waals surface area contributed by atoms with Gasteiger partial charge in [0.25, 0.3) is 5.91 Å². The highest BCUT2D eigenvalue weighted by atomic mass is 16.7. The molecule has 33 heavy (non-hydrogen) atoms. The van der Waals surface area contributed by atoms with Gasteiger partial charge in [0.1, 0.15) is 22.8 Å². The molecular formula is C24H23NO8. The van der Waals surface area contributed by atoms with Crippen molar-refractivity contribution in [3.05, 3.63) is 52.4 Å². The number of hydroxylamine groups is 2. The van der Waals surface area contributed by atoms with Gasteiger partial charge in [-0.2, -0.15) is 0 Å². The Labute approximate surface area is 188 Å². The van der Waals surface area contributed by atoms with Crippen LogP contribution in [0.25, 0.3) is 32.5 Å². The second kappa shape index (κ2) is 8.97. The van der Waals surface area contributed by atoms with Crippen molar-refractivity contribution in [3.8, 4) is 17.2 Å². The fraction of sp³-hybridized carbons (Fsp3) is 0.250. The third kappa shape index (κ3) is 3.71.